The summed E-state index contributed by atoms with van der Waals surface area (Å²) in [5, 5.41) is 5.33. The van der Waals surface area contributed by atoms with Gasteiger partial charge in [0.05, 0.1) is 0 Å². The lowest BCUT2D eigenvalue weighted by atomic mass is 9.77. The molecule has 112 valence electrons. The first-order chi connectivity index (χ1) is 9.57. The van der Waals surface area contributed by atoms with Gasteiger partial charge in [-0.2, -0.15) is 0 Å². The quantitative estimate of drug-likeness (QED) is 0.732. The minimum atomic E-state index is 0.373. The Morgan fingerprint density at radius 1 is 1.20 bits per heavy atom. The van der Waals surface area contributed by atoms with Crippen molar-refractivity contribution >= 4 is 23.2 Å². The smallest absolute Gasteiger partial charge is 0.0453 e. The molecule has 0 amide bonds. The molecule has 0 saturated heterocycles. The summed E-state index contributed by atoms with van der Waals surface area (Å²) >= 11 is 12.7. The van der Waals surface area contributed by atoms with E-state index >= 15 is 0 Å². The van der Waals surface area contributed by atoms with Crippen molar-refractivity contribution in [3.05, 3.63) is 33.8 Å². The molecule has 0 radical (unpaired) electrons. The molecule has 0 spiro atoms. The van der Waals surface area contributed by atoms with E-state index in [2.05, 4.69) is 19.2 Å². The zero-order chi connectivity index (χ0) is 14.6. The highest BCUT2D eigenvalue weighted by atomic mass is 35.5. The summed E-state index contributed by atoms with van der Waals surface area (Å²) in [5.41, 5.74) is 1.47. The molecule has 1 atom stereocenters. The molecular weight excluding hydrogens is 289 g/mol. The number of halogens is 2. The van der Waals surface area contributed by atoms with Gasteiger partial charge in [0.15, 0.2) is 0 Å². The van der Waals surface area contributed by atoms with Gasteiger partial charge in [-0.15, -0.1) is 0 Å². The molecule has 2 rings (SSSR count). The van der Waals surface area contributed by atoms with Crippen LogP contribution < -0.4 is 5.32 Å². The van der Waals surface area contributed by atoms with Crippen molar-refractivity contribution in [1.29, 1.82) is 0 Å². The Morgan fingerprint density at radius 2 is 1.80 bits per heavy atom. The Bertz CT molecular complexity index is 418. The first-order valence-electron chi connectivity index (χ1n) is 7.73. The minimum Gasteiger partial charge on any atom is -0.313 e. The van der Waals surface area contributed by atoms with Crippen LogP contribution >= 0.6 is 23.2 Å². The predicted octanol–water partition coefficient (Wildman–Crippen LogP) is 5.48. The molecule has 1 aliphatic carbocycles. The minimum absolute atomic E-state index is 0.373. The fourth-order valence-corrected chi connectivity index (χ4v) is 3.90. The molecular formula is C17H25Cl2N. The second-order valence-corrected chi connectivity index (χ2v) is 7.09. The van der Waals surface area contributed by atoms with Crippen LogP contribution in [0.15, 0.2) is 18.2 Å². The molecule has 20 heavy (non-hydrogen) atoms. The Labute approximate surface area is 133 Å². The van der Waals surface area contributed by atoms with Crippen molar-refractivity contribution < 1.29 is 0 Å². The zero-order valence-corrected chi connectivity index (χ0v) is 14.0. The Kier molecular flexibility index (Phi) is 5.77. The lowest BCUT2D eigenvalue weighted by molar-refractivity contribution is 0.219. The van der Waals surface area contributed by atoms with Crippen LogP contribution in [0.1, 0.15) is 51.5 Å². The van der Waals surface area contributed by atoms with E-state index in [1.54, 1.807) is 0 Å². The van der Waals surface area contributed by atoms with Gasteiger partial charge in [-0.05, 0) is 55.3 Å². The summed E-state index contributed by atoms with van der Waals surface area (Å²) in [6, 6.07) is 6.26. The van der Waals surface area contributed by atoms with Crippen LogP contribution in [-0.2, 0) is 6.42 Å². The standard InChI is InChI=1S/C17H25Cl2N/c1-3-11-20-16(17(2)9-4-5-10-17)12-13-14(18)7-6-8-15(13)19/h6-8,16,20H,3-5,9-12H2,1-2H3. The average molecular weight is 314 g/mol. The van der Waals surface area contributed by atoms with Crippen LogP contribution in [0.3, 0.4) is 0 Å². The van der Waals surface area contributed by atoms with Crippen molar-refractivity contribution in [2.45, 2.75) is 58.4 Å². The van der Waals surface area contributed by atoms with Crippen molar-refractivity contribution in [2.75, 3.05) is 6.54 Å². The van der Waals surface area contributed by atoms with Gasteiger partial charge in [0.1, 0.15) is 0 Å². The van der Waals surface area contributed by atoms with E-state index in [4.69, 9.17) is 23.2 Å². The van der Waals surface area contributed by atoms with Crippen molar-refractivity contribution in [1.82, 2.24) is 5.32 Å². The molecule has 0 aliphatic heterocycles. The summed E-state index contributed by atoms with van der Waals surface area (Å²) in [6.07, 6.45) is 7.37. The molecule has 1 aliphatic rings. The molecule has 1 unspecified atom stereocenters. The molecule has 1 aromatic carbocycles. The van der Waals surface area contributed by atoms with E-state index in [1.165, 1.54) is 25.7 Å². The molecule has 0 heterocycles. The van der Waals surface area contributed by atoms with Gasteiger partial charge in [-0.3, -0.25) is 0 Å². The Hall–Kier alpha value is -0.240. The normalized spacial score (nSPS) is 19.2. The van der Waals surface area contributed by atoms with Crippen LogP contribution in [0.2, 0.25) is 10.0 Å². The average Bonchev–Trinajstić information content (AvgIpc) is 2.85. The van der Waals surface area contributed by atoms with Crippen LogP contribution in [-0.4, -0.2) is 12.6 Å². The molecule has 1 N–H and O–H groups in total. The van der Waals surface area contributed by atoms with E-state index in [9.17, 15) is 0 Å². The Morgan fingerprint density at radius 3 is 2.35 bits per heavy atom. The van der Waals surface area contributed by atoms with E-state index in [1.807, 2.05) is 18.2 Å². The maximum absolute atomic E-state index is 6.35. The molecule has 3 heteroatoms. The molecule has 1 saturated carbocycles. The summed E-state index contributed by atoms with van der Waals surface area (Å²) in [7, 11) is 0. The predicted molar refractivity (Wildman–Crippen MR) is 88.8 cm³/mol. The zero-order valence-electron chi connectivity index (χ0n) is 12.5. The lowest BCUT2D eigenvalue weighted by Crippen LogP contribution is -2.44. The SMILES string of the molecule is CCCNC(Cc1c(Cl)cccc1Cl)C1(C)CCCC1. The number of nitrogens with one attached hydrogen (secondary N) is 1. The maximum Gasteiger partial charge on any atom is 0.0453 e. The van der Waals surface area contributed by atoms with E-state index in [-0.39, 0.29) is 0 Å². The van der Waals surface area contributed by atoms with Gasteiger partial charge < -0.3 is 5.32 Å². The first-order valence-corrected chi connectivity index (χ1v) is 8.48. The highest BCUT2D eigenvalue weighted by molar-refractivity contribution is 6.36. The van der Waals surface area contributed by atoms with Crippen LogP contribution in [0.5, 0.6) is 0 Å². The fourth-order valence-electron chi connectivity index (χ4n) is 3.35. The van der Waals surface area contributed by atoms with Crippen LogP contribution in [0, 0.1) is 5.41 Å². The van der Waals surface area contributed by atoms with Gasteiger partial charge in [-0.1, -0.05) is 56.0 Å². The van der Waals surface area contributed by atoms with E-state index < -0.39 is 0 Å². The van der Waals surface area contributed by atoms with Gasteiger partial charge in [-0.25, -0.2) is 0 Å². The third-order valence-corrected chi connectivity index (χ3v) is 5.41. The first kappa shape index (κ1) is 16.1. The molecule has 0 aromatic heterocycles. The number of benzene rings is 1. The van der Waals surface area contributed by atoms with Crippen molar-refractivity contribution in [2.24, 2.45) is 5.41 Å². The number of hydrogen-bond donors (Lipinski definition) is 1. The van der Waals surface area contributed by atoms with E-state index in [0.29, 0.717) is 11.5 Å². The van der Waals surface area contributed by atoms with Crippen LogP contribution in [0.25, 0.3) is 0 Å². The summed E-state index contributed by atoms with van der Waals surface area (Å²) < 4.78 is 0. The summed E-state index contributed by atoms with van der Waals surface area (Å²) in [4.78, 5) is 0. The number of hydrogen-bond acceptors (Lipinski definition) is 1. The molecule has 0 bridgehead atoms. The van der Waals surface area contributed by atoms with Gasteiger partial charge in [0.25, 0.3) is 0 Å². The third kappa shape index (κ3) is 3.69. The summed E-state index contributed by atoms with van der Waals surface area (Å²) in [5.74, 6) is 0. The fraction of sp³-hybridized carbons (Fsp3) is 0.647. The molecule has 1 nitrogen and oxygen atoms in total. The molecule has 1 fully saturated rings. The lowest BCUT2D eigenvalue weighted by Gasteiger charge is -2.35. The van der Waals surface area contributed by atoms with E-state index in [0.717, 1.165) is 35.0 Å². The van der Waals surface area contributed by atoms with Crippen molar-refractivity contribution in [3.63, 3.8) is 0 Å². The van der Waals surface area contributed by atoms with Gasteiger partial charge >= 0.3 is 0 Å². The van der Waals surface area contributed by atoms with Crippen molar-refractivity contribution in [3.8, 4) is 0 Å². The highest BCUT2D eigenvalue weighted by Crippen LogP contribution is 2.42. The second-order valence-electron chi connectivity index (χ2n) is 6.27. The Balaban J connectivity index is 2.19. The third-order valence-electron chi connectivity index (χ3n) is 4.70. The monoisotopic (exact) mass is 313 g/mol. The number of rotatable bonds is 6. The summed E-state index contributed by atoms with van der Waals surface area (Å²) in [6.45, 7) is 5.68. The van der Waals surface area contributed by atoms with Crippen LogP contribution in [0.4, 0.5) is 0 Å². The van der Waals surface area contributed by atoms with Gasteiger partial charge in [0, 0.05) is 16.1 Å². The van der Waals surface area contributed by atoms with Gasteiger partial charge in [0.2, 0.25) is 0 Å². The highest BCUT2D eigenvalue weighted by Gasteiger charge is 2.37. The second kappa shape index (κ2) is 7.15. The largest absolute Gasteiger partial charge is 0.313 e. The topological polar surface area (TPSA) is 12.0 Å². The molecule has 1 aromatic rings. The maximum atomic E-state index is 6.35.